The van der Waals surface area contributed by atoms with Gasteiger partial charge in [0.15, 0.2) is 0 Å². The van der Waals surface area contributed by atoms with Gasteiger partial charge in [-0.2, -0.15) is 10.2 Å². The zero-order chi connectivity index (χ0) is 20.4. The first-order valence-electron chi connectivity index (χ1n) is 9.96. The van der Waals surface area contributed by atoms with Gasteiger partial charge < -0.3 is 19.4 Å². The summed E-state index contributed by atoms with van der Waals surface area (Å²) in [5.74, 6) is 0.963. The molecule has 1 fully saturated rings. The van der Waals surface area contributed by atoms with E-state index in [-0.39, 0.29) is 12.1 Å². The number of aryl methyl sites for hydroxylation is 1. The lowest BCUT2D eigenvalue weighted by atomic mass is 10.2. The molecular weight excluding hydrogens is 370 g/mol. The average molecular weight is 395 g/mol. The Kier molecular flexibility index (Phi) is 5.36. The highest BCUT2D eigenvalue weighted by atomic mass is 16.5. The SMILES string of the molecule is CCC(CC)Oc1nn(C)cc1Nc1ncc2cc(C#N)n([C@@H]3CCOC3)c2n1. The topological polar surface area (TPSA) is 103 Å². The Morgan fingerprint density at radius 1 is 1.41 bits per heavy atom. The summed E-state index contributed by atoms with van der Waals surface area (Å²) in [5.41, 5.74) is 2.00. The lowest BCUT2D eigenvalue weighted by molar-refractivity contribution is 0.184. The second-order valence-corrected chi connectivity index (χ2v) is 7.20. The van der Waals surface area contributed by atoms with E-state index in [1.807, 2.05) is 23.9 Å². The molecule has 0 radical (unpaired) electrons. The maximum absolute atomic E-state index is 9.55. The maximum atomic E-state index is 9.55. The minimum atomic E-state index is 0.103. The quantitative estimate of drug-likeness (QED) is 0.654. The molecule has 3 aromatic rings. The Hall–Kier alpha value is -3.12. The van der Waals surface area contributed by atoms with Crippen molar-refractivity contribution in [3.05, 3.63) is 24.2 Å². The van der Waals surface area contributed by atoms with Crippen LogP contribution in [0.15, 0.2) is 18.5 Å². The summed E-state index contributed by atoms with van der Waals surface area (Å²) >= 11 is 0. The predicted octanol–water partition coefficient (Wildman–Crippen LogP) is 3.31. The van der Waals surface area contributed by atoms with Crippen LogP contribution in [0.25, 0.3) is 11.0 Å². The lowest BCUT2D eigenvalue weighted by Gasteiger charge is -2.15. The van der Waals surface area contributed by atoms with Crippen LogP contribution in [0, 0.1) is 11.3 Å². The van der Waals surface area contributed by atoms with Crippen molar-refractivity contribution in [3.63, 3.8) is 0 Å². The Bertz CT molecular complexity index is 1040. The van der Waals surface area contributed by atoms with Crippen LogP contribution in [0.2, 0.25) is 0 Å². The van der Waals surface area contributed by atoms with Crippen molar-refractivity contribution in [3.8, 4) is 11.9 Å². The van der Waals surface area contributed by atoms with Crippen LogP contribution in [0.5, 0.6) is 5.88 Å². The molecular formula is C20H25N7O2. The minimum absolute atomic E-state index is 0.103. The molecule has 0 unspecified atom stereocenters. The monoisotopic (exact) mass is 395 g/mol. The van der Waals surface area contributed by atoms with Crippen LogP contribution >= 0.6 is 0 Å². The van der Waals surface area contributed by atoms with Gasteiger partial charge in [-0.15, -0.1) is 5.10 Å². The molecule has 9 heteroatoms. The molecule has 0 amide bonds. The molecule has 1 N–H and O–H groups in total. The number of aromatic nitrogens is 5. The third-order valence-corrected chi connectivity index (χ3v) is 5.19. The van der Waals surface area contributed by atoms with Gasteiger partial charge >= 0.3 is 0 Å². The van der Waals surface area contributed by atoms with E-state index in [9.17, 15) is 5.26 Å². The van der Waals surface area contributed by atoms with Crippen molar-refractivity contribution < 1.29 is 9.47 Å². The third kappa shape index (κ3) is 3.76. The Morgan fingerprint density at radius 3 is 2.93 bits per heavy atom. The van der Waals surface area contributed by atoms with Gasteiger partial charge in [0.1, 0.15) is 29.2 Å². The zero-order valence-corrected chi connectivity index (χ0v) is 16.9. The zero-order valence-electron chi connectivity index (χ0n) is 16.9. The number of rotatable bonds is 7. The summed E-state index contributed by atoms with van der Waals surface area (Å²) in [6.07, 6.45) is 6.35. The summed E-state index contributed by atoms with van der Waals surface area (Å²) < 4.78 is 15.2. The van der Waals surface area contributed by atoms with E-state index in [2.05, 4.69) is 35.3 Å². The number of fused-ring (bicyclic) bond motifs is 1. The highest BCUT2D eigenvalue weighted by molar-refractivity contribution is 5.79. The van der Waals surface area contributed by atoms with Crippen molar-refractivity contribution in [2.24, 2.45) is 7.05 Å². The third-order valence-electron chi connectivity index (χ3n) is 5.19. The highest BCUT2D eigenvalue weighted by Gasteiger charge is 2.24. The molecule has 4 rings (SSSR count). The Labute approximate surface area is 169 Å². The molecule has 9 nitrogen and oxygen atoms in total. The van der Waals surface area contributed by atoms with Gasteiger partial charge in [0.05, 0.1) is 18.8 Å². The fourth-order valence-corrected chi connectivity index (χ4v) is 3.62. The molecule has 4 heterocycles. The van der Waals surface area contributed by atoms with E-state index < -0.39 is 0 Å². The summed E-state index contributed by atoms with van der Waals surface area (Å²) in [5, 5.41) is 18.0. The largest absolute Gasteiger partial charge is 0.472 e. The van der Waals surface area contributed by atoms with Crippen LogP contribution in [-0.4, -0.2) is 43.6 Å². The number of hydrogen-bond donors (Lipinski definition) is 1. The van der Waals surface area contributed by atoms with Gasteiger partial charge in [-0.05, 0) is 25.3 Å². The molecule has 1 aliphatic rings. The average Bonchev–Trinajstić information content (AvgIpc) is 3.44. The van der Waals surface area contributed by atoms with Crippen LogP contribution in [0.4, 0.5) is 11.6 Å². The smallest absolute Gasteiger partial charge is 0.257 e. The molecule has 0 aliphatic carbocycles. The minimum Gasteiger partial charge on any atom is -0.472 e. The second-order valence-electron chi connectivity index (χ2n) is 7.20. The summed E-state index contributed by atoms with van der Waals surface area (Å²) in [6, 6.07) is 4.19. The van der Waals surface area contributed by atoms with Crippen LogP contribution in [-0.2, 0) is 11.8 Å². The normalized spacial score (nSPS) is 16.4. The van der Waals surface area contributed by atoms with Crippen molar-refractivity contribution in [1.29, 1.82) is 5.26 Å². The predicted molar refractivity (Wildman–Crippen MR) is 108 cm³/mol. The molecule has 1 saturated heterocycles. The molecule has 1 aliphatic heterocycles. The number of ether oxygens (including phenoxy) is 2. The standard InChI is InChI=1S/C20H25N7O2/c1-4-16(5-2)29-19-17(11-26(3)25-19)23-20-22-10-13-8-15(9-21)27(18(13)24-20)14-6-7-28-12-14/h8,10-11,14,16H,4-7,12H2,1-3H3,(H,22,23,24)/t14-/m1/s1. The lowest BCUT2D eigenvalue weighted by Crippen LogP contribution is -2.15. The van der Waals surface area contributed by atoms with Gasteiger partial charge in [-0.25, -0.2) is 4.98 Å². The summed E-state index contributed by atoms with van der Waals surface area (Å²) in [4.78, 5) is 9.11. The van der Waals surface area contributed by atoms with Crippen LogP contribution in [0.1, 0.15) is 44.8 Å². The number of nitriles is 1. The van der Waals surface area contributed by atoms with Crippen molar-refractivity contribution in [1.82, 2.24) is 24.3 Å². The van der Waals surface area contributed by atoms with Gasteiger partial charge in [0.2, 0.25) is 5.95 Å². The van der Waals surface area contributed by atoms with Gasteiger partial charge in [-0.1, -0.05) is 13.8 Å². The molecule has 0 saturated carbocycles. The number of nitrogens with one attached hydrogen (secondary N) is 1. The fourth-order valence-electron chi connectivity index (χ4n) is 3.62. The molecule has 1 atom stereocenters. The fraction of sp³-hybridized carbons (Fsp3) is 0.500. The Balaban J connectivity index is 1.67. The first-order valence-corrected chi connectivity index (χ1v) is 9.96. The van der Waals surface area contributed by atoms with E-state index in [0.717, 1.165) is 30.3 Å². The van der Waals surface area contributed by atoms with Crippen LogP contribution in [0.3, 0.4) is 0 Å². The molecule has 29 heavy (non-hydrogen) atoms. The van der Waals surface area contributed by atoms with Gasteiger partial charge in [0, 0.05) is 25.2 Å². The molecule has 0 bridgehead atoms. The van der Waals surface area contributed by atoms with E-state index >= 15 is 0 Å². The van der Waals surface area contributed by atoms with Crippen LogP contribution < -0.4 is 10.1 Å². The van der Waals surface area contributed by atoms with Gasteiger partial charge in [0.25, 0.3) is 5.88 Å². The first kappa shape index (κ1) is 19.2. The summed E-state index contributed by atoms with van der Waals surface area (Å²) in [6.45, 7) is 5.46. The molecule has 0 aromatic carbocycles. The van der Waals surface area contributed by atoms with E-state index in [4.69, 9.17) is 14.5 Å². The van der Waals surface area contributed by atoms with Crippen molar-refractivity contribution in [2.75, 3.05) is 18.5 Å². The molecule has 152 valence electrons. The van der Waals surface area contributed by atoms with Crippen molar-refractivity contribution in [2.45, 2.75) is 45.3 Å². The summed E-state index contributed by atoms with van der Waals surface area (Å²) in [7, 11) is 1.85. The number of anilines is 2. The van der Waals surface area contributed by atoms with E-state index in [1.165, 1.54) is 0 Å². The first-order chi connectivity index (χ1) is 14.1. The van der Waals surface area contributed by atoms with E-state index in [1.54, 1.807) is 10.9 Å². The Morgan fingerprint density at radius 2 is 2.24 bits per heavy atom. The highest BCUT2D eigenvalue weighted by Crippen LogP contribution is 2.30. The molecule has 0 spiro atoms. The number of hydrogen-bond acceptors (Lipinski definition) is 7. The molecule has 3 aromatic heterocycles. The van der Waals surface area contributed by atoms with E-state index in [0.29, 0.717) is 36.4 Å². The van der Waals surface area contributed by atoms with Crippen molar-refractivity contribution >= 4 is 22.7 Å². The second kappa shape index (κ2) is 8.09. The number of nitrogens with zero attached hydrogens (tertiary/aromatic N) is 6. The maximum Gasteiger partial charge on any atom is 0.257 e. The van der Waals surface area contributed by atoms with Gasteiger partial charge in [-0.3, -0.25) is 4.68 Å².